The third-order valence-electron chi connectivity index (χ3n) is 2.87. The predicted molar refractivity (Wildman–Crippen MR) is 78.8 cm³/mol. The summed E-state index contributed by atoms with van der Waals surface area (Å²) in [5, 5.41) is 11.9. The molecule has 0 saturated heterocycles. The van der Waals surface area contributed by atoms with Crippen LogP contribution in [-0.2, 0) is 6.61 Å². The van der Waals surface area contributed by atoms with Gasteiger partial charge in [-0.3, -0.25) is 0 Å². The van der Waals surface area contributed by atoms with Gasteiger partial charge in [0.15, 0.2) is 0 Å². The van der Waals surface area contributed by atoms with E-state index in [0.717, 1.165) is 4.47 Å². The Morgan fingerprint density at radius 2 is 2.00 bits per heavy atom. The van der Waals surface area contributed by atoms with Gasteiger partial charge in [-0.1, -0.05) is 21.1 Å². The van der Waals surface area contributed by atoms with Crippen molar-refractivity contribution in [1.29, 1.82) is 0 Å². The van der Waals surface area contributed by atoms with Crippen molar-refractivity contribution < 1.29 is 18.7 Å². The fourth-order valence-corrected chi connectivity index (χ4v) is 2.19. The lowest BCUT2D eigenvalue weighted by molar-refractivity contribution is 0.296. The van der Waals surface area contributed by atoms with Crippen LogP contribution in [0.1, 0.15) is 18.1 Å². The van der Waals surface area contributed by atoms with Crippen LogP contribution in [0, 0.1) is 11.6 Å². The van der Waals surface area contributed by atoms with Crippen molar-refractivity contribution in [3.63, 3.8) is 0 Å². The molecule has 0 aliphatic rings. The molecule has 0 aliphatic heterocycles. The molecular weight excluding hydrogens is 344 g/mol. The molecule has 6 heteroatoms. The zero-order valence-electron chi connectivity index (χ0n) is 11.1. The molecule has 3 nitrogen and oxygen atoms in total. The third kappa shape index (κ3) is 3.78. The minimum Gasteiger partial charge on any atom is -0.488 e. The van der Waals surface area contributed by atoms with Crippen LogP contribution in [0.5, 0.6) is 5.75 Å². The zero-order valence-corrected chi connectivity index (χ0v) is 12.7. The van der Waals surface area contributed by atoms with Crippen LogP contribution in [0.4, 0.5) is 8.78 Å². The monoisotopic (exact) mass is 355 g/mol. The lowest BCUT2D eigenvalue weighted by Crippen LogP contribution is -2.04. The van der Waals surface area contributed by atoms with Crippen molar-refractivity contribution in [2.45, 2.75) is 13.5 Å². The molecule has 0 aromatic heterocycles. The molecule has 2 rings (SSSR count). The second-order valence-corrected chi connectivity index (χ2v) is 5.27. The number of nitrogens with zero attached hydrogens (tertiary/aromatic N) is 1. The molecule has 0 radical (unpaired) electrons. The molecule has 0 bridgehead atoms. The highest BCUT2D eigenvalue weighted by atomic mass is 79.9. The number of oxime groups is 1. The molecule has 0 heterocycles. The Balaban J connectivity index is 2.27. The van der Waals surface area contributed by atoms with Crippen LogP contribution >= 0.6 is 15.9 Å². The second kappa shape index (κ2) is 6.67. The first-order chi connectivity index (χ1) is 10.0. The van der Waals surface area contributed by atoms with E-state index in [2.05, 4.69) is 21.1 Å². The van der Waals surface area contributed by atoms with Gasteiger partial charge in [0.1, 0.15) is 24.0 Å². The molecule has 0 spiro atoms. The average Bonchev–Trinajstić information content (AvgIpc) is 2.47. The molecule has 110 valence electrons. The van der Waals surface area contributed by atoms with Gasteiger partial charge in [0.2, 0.25) is 0 Å². The molecule has 0 atom stereocenters. The van der Waals surface area contributed by atoms with E-state index in [9.17, 15) is 8.78 Å². The number of halogens is 3. The Morgan fingerprint density at radius 1 is 1.24 bits per heavy atom. The average molecular weight is 356 g/mol. The van der Waals surface area contributed by atoms with Crippen LogP contribution in [0.2, 0.25) is 0 Å². The summed E-state index contributed by atoms with van der Waals surface area (Å²) in [7, 11) is 0. The first-order valence-corrected chi connectivity index (χ1v) is 6.86. The Morgan fingerprint density at radius 3 is 2.71 bits per heavy atom. The van der Waals surface area contributed by atoms with Gasteiger partial charge in [-0.05, 0) is 37.3 Å². The normalized spacial score (nSPS) is 11.5. The number of rotatable bonds is 4. The van der Waals surface area contributed by atoms with Gasteiger partial charge in [0.05, 0.1) is 5.71 Å². The van der Waals surface area contributed by atoms with Crippen molar-refractivity contribution in [1.82, 2.24) is 0 Å². The highest BCUT2D eigenvalue weighted by Crippen LogP contribution is 2.23. The maximum Gasteiger partial charge on any atom is 0.131 e. The minimum atomic E-state index is -0.491. The summed E-state index contributed by atoms with van der Waals surface area (Å²) in [4.78, 5) is 0. The standard InChI is InChI=1S/C15H12BrF2NO2/c1-9(19-20)13-4-3-12(17)7-15(13)21-8-10-6-11(16)2-5-14(10)18/h2-7,20H,8H2,1H3. The molecular formula is C15H12BrF2NO2. The Kier molecular flexibility index (Phi) is 4.90. The molecule has 0 amide bonds. The second-order valence-electron chi connectivity index (χ2n) is 4.35. The van der Waals surface area contributed by atoms with Gasteiger partial charge in [-0.2, -0.15) is 0 Å². The number of hydrogen-bond acceptors (Lipinski definition) is 3. The van der Waals surface area contributed by atoms with E-state index in [-0.39, 0.29) is 18.1 Å². The van der Waals surface area contributed by atoms with Crippen LogP contribution in [-0.4, -0.2) is 10.9 Å². The molecule has 1 N–H and O–H groups in total. The molecule has 0 saturated carbocycles. The quantitative estimate of drug-likeness (QED) is 0.498. The van der Waals surface area contributed by atoms with Crippen LogP contribution in [0.3, 0.4) is 0 Å². The first-order valence-electron chi connectivity index (χ1n) is 6.06. The maximum atomic E-state index is 13.6. The van der Waals surface area contributed by atoms with Crippen molar-refractivity contribution in [3.05, 3.63) is 63.6 Å². The van der Waals surface area contributed by atoms with Crippen LogP contribution < -0.4 is 4.74 Å². The van der Waals surface area contributed by atoms with Crippen molar-refractivity contribution >= 4 is 21.6 Å². The van der Waals surface area contributed by atoms with Crippen molar-refractivity contribution in [2.75, 3.05) is 0 Å². The number of hydrogen-bond donors (Lipinski definition) is 1. The largest absolute Gasteiger partial charge is 0.488 e. The topological polar surface area (TPSA) is 41.8 Å². The first kappa shape index (κ1) is 15.4. The predicted octanol–water partition coefficient (Wildman–Crippen LogP) is 4.50. The van der Waals surface area contributed by atoms with Crippen LogP contribution in [0.25, 0.3) is 0 Å². The van der Waals surface area contributed by atoms with E-state index in [4.69, 9.17) is 9.94 Å². The highest BCUT2D eigenvalue weighted by Gasteiger charge is 2.11. The Bertz CT molecular complexity index is 689. The van der Waals surface area contributed by atoms with Crippen LogP contribution in [0.15, 0.2) is 46.0 Å². The van der Waals surface area contributed by atoms with E-state index in [0.29, 0.717) is 11.1 Å². The van der Waals surface area contributed by atoms with Crippen molar-refractivity contribution in [2.24, 2.45) is 5.16 Å². The zero-order chi connectivity index (χ0) is 15.4. The minimum absolute atomic E-state index is 0.0690. The Hall–Kier alpha value is -1.95. The van der Waals surface area contributed by atoms with Gasteiger partial charge >= 0.3 is 0 Å². The molecule has 0 fully saturated rings. The fraction of sp³-hybridized carbons (Fsp3) is 0.133. The number of benzene rings is 2. The summed E-state index contributed by atoms with van der Waals surface area (Å²) < 4.78 is 33.1. The summed E-state index contributed by atoms with van der Waals surface area (Å²) in [6, 6.07) is 8.32. The van der Waals surface area contributed by atoms with E-state index in [1.807, 2.05) is 0 Å². The summed E-state index contributed by atoms with van der Waals surface area (Å²) in [6.45, 7) is 1.49. The molecule has 2 aromatic carbocycles. The van der Waals surface area contributed by atoms with E-state index >= 15 is 0 Å². The van der Waals surface area contributed by atoms with Gasteiger partial charge in [-0.25, -0.2) is 8.78 Å². The smallest absolute Gasteiger partial charge is 0.131 e. The van der Waals surface area contributed by atoms with E-state index in [1.165, 1.54) is 24.3 Å². The molecule has 21 heavy (non-hydrogen) atoms. The van der Waals surface area contributed by atoms with Gasteiger partial charge < -0.3 is 9.94 Å². The Labute approximate surface area is 129 Å². The van der Waals surface area contributed by atoms with E-state index < -0.39 is 11.6 Å². The SMILES string of the molecule is CC(=NO)c1ccc(F)cc1OCc1cc(Br)ccc1F. The highest BCUT2D eigenvalue weighted by molar-refractivity contribution is 9.10. The lowest BCUT2D eigenvalue weighted by atomic mass is 10.1. The molecule has 0 aliphatic carbocycles. The summed E-state index contributed by atoms with van der Waals surface area (Å²) in [6.07, 6.45) is 0. The number of ether oxygens (including phenoxy) is 1. The third-order valence-corrected chi connectivity index (χ3v) is 3.37. The van der Waals surface area contributed by atoms with Gasteiger partial charge in [0, 0.05) is 21.7 Å². The summed E-state index contributed by atoms with van der Waals surface area (Å²) in [5.41, 5.74) is 1.05. The van der Waals surface area contributed by atoms with Gasteiger partial charge in [-0.15, -0.1) is 0 Å². The fourth-order valence-electron chi connectivity index (χ4n) is 1.78. The maximum absolute atomic E-state index is 13.6. The molecule has 2 aromatic rings. The summed E-state index contributed by atoms with van der Waals surface area (Å²) in [5.74, 6) is -0.720. The lowest BCUT2D eigenvalue weighted by Gasteiger charge is -2.12. The van der Waals surface area contributed by atoms with Gasteiger partial charge in [0.25, 0.3) is 0 Å². The molecule has 0 unspecified atom stereocenters. The van der Waals surface area contributed by atoms with E-state index in [1.54, 1.807) is 19.1 Å². The van der Waals surface area contributed by atoms with Crippen molar-refractivity contribution in [3.8, 4) is 5.75 Å². The summed E-state index contributed by atoms with van der Waals surface area (Å²) >= 11 is 3.25.